The molecule has 0 atom stereocenters. The molecule has 0 aliphatic carbocycles. The van der Waals surface area contributed by atoms with Crippen LogP contribution in [-0.4, -0.2) is 16.5 Å². The van der Waals surface area contributed by atoms with E-state index in [4.69, 9.17) is 5.11 Å². The lowest BCUT2D eigenvalue weighted by Gasteiger charge is -2.16. The second-order valence-corrected chi connectivity index (χ2v) is 2.98. The number of aliphatic hydroxyl groups excluding tert-OH is 1. The van der Waals surface area contributed by atoms with Crippen LogP contribution in [0.25, 0.3) is 0 Å². The van der Waals surface area contributed by atoms with Gasteiger partial charge < -0.3 is 9.84 Å². The summed E-state index contributed by atoms with van der Waals surface area (Å²) in [5.74, 6) is -4.07. The second-order valence-electron chi connectivity index (χ2n) is 2.98. The highest BCUT2D eigenvalue weighted by Gasteiger charge is 2.43. The first-order chi connectivity index (χ1) is 8.06. The number of hydrogen-bond donors (Lipinski definition) is 1. The van der Waals surface area contributed by atoms with Crippen LogP contribution in [-0.2, 0) is 12.8 Å². The number of alkyl halides is 6. The van der Waals surface area contributed by atoms with Crippen molar-refractivity contribution >= 4 is 0 Å². The minimum absolute atomic E-state index is 0.279. The first-order valence-electron chi connectivity index (χ1n) is 4.17. The van der Waals surface area contributed by atoms with Crippen molar-refractivity contribution in [3.63, 3.8) is 0 Å². The summed E-state index contributed by atoms with van der Waals surface area (Å²) in [6.45, 7) is -1.12. The van der Waals surface area contributed by atoms with Gasteiger partial charge in [0.1, 0.15) is 0 Å². The third kappa shape index (κ3) is 3.22. The lowest BCUT2D eigenvalue weighted by molar-refractivity contribution is -0.277. The lowest BCUT2D eigenvalue weighted by Crippen LogP contribution is -2.22. The van der Waals surface area contributed by atoms with Gasteiger partial charge in [0, 0.05) is 11.8 Å². The Hall–Kier alpha value is -1.58. The summed E-state index contributed by atoms with van der Waals surface area (Å²) >= 11 is 0. The SMILES string of the molecule is OCc1cnc(C(F)(F)F)c(OC(F)(F)F)c1F. The maximum atomic E-state index is 13.3. The number of hydrogen-bond acceptors (Lipinski definition) is 3. The van der Waals surface area contributed by atoms with Crippen LogP contribution in [0.5, 0.6) is 5.75 Å². The molecule has 1 heterocycles. The minimum Gasteiger partial charge on any atom is -0.400 e. The Bertz CT molecular complexity index is 440. The molecule has 0 fully saturated rings. The van der Waals surface area contributed by atoms with E-state index in [1.807, 2.05) is 0 Å². The molecule has 18 heavy (non-hydrogen) atoms. The highest BCUT2D eigenvalue weighted by Crippen LogP contribution is 2.39. The third-order valence-electron chi connectivity index (χ3n) is 1.70. The Morgan fingerprint density at radius 1 is 1.17 bits per heavy atom. The molecule has 0 aliphatic heterocycles. The number of nitrogens with zero attached hydrogens (tertiary/aromatic N) is 1. The summed E-state index contributed by atoms with van der Waals surface area (Å²) < 4.78 is 88.8. The van der Waals surface area contributed by atoms with Crippen LogP contribution in [0, 0.1) is 5.82 Å². The van der Waals surface area contributed by atoms with E-state index in [-0.39, 0.29) is 6.20 Å². The standard InChI is InChI=1S/C8H4F7NO2/c9-4-3(2-17)1-16-6(7(10,11)12)5(4)18-8(13,14)15/h1,17H,2H2. The first kappa shape index (κ1) is 14.5. The molecule has 0 amide bonds. The second kappa shape index (κ2) is 4.59. The van der Waals surface area contributed by atoms with Crippen LogP contribution in [0.2, 0.25) is 0 Å². The molecule has 1 rings (SSSR count). The van der Waals surface area contributed by atoms with Gasteiger partial charge in [0.05, 0.1) is 6.61 Å². The van der Waals surface area contributed by atoms with Gasteiger partial charge in [-0.05, 0) is 0 Å². The molecule has 0 aliphatic rings. The molecule has 0 saturated heterocycles. The molecule has 0 radical (unpaired) electrons. The molecular formula is C8H4F7NO2. The zero-order chi connectivity index (χ0) is 14.1. The smallest absolute Gasteiger partial charge is 0.400 e. The van der Waals surface area contributed by atoms with Crippen molar-refractivity contribution in [2.75, 3.05) is 0 Å². The summed E-state index contributed by atoms with van der Waals surface area (Å²) in [5, 5.41) is 8.54. The predicted molar refractivity (Wildman–Crippen MR) is 41.8 cm³/mol. The highest BCUT2D eigenvalue weighted by atomic mass is 19.4. The zero-order valence-electron chi connectivity index (χ0n) is 8.23. The molecule has 1 N–H and O–H groups in total. The molecule has 0 unspecified atom stereocenters. The molecule has 1 aromatic heterocycles. The fraction of sp³-hybridized carbons (Fsp3) is 0.375. The zero-order valence-corrected chi connectivity index (χ0v) is 8.23. The molecule has 1 aromatic rings. The normalized spacial score (nSPS) is 12.7. The largest absolute Gasteiger partial charge is 0.573 e. The van der Waals surface area contributed by atoms with Crippen molar-refractivity contribution in [1.29, 1.82) is 0 Å². The van der Waals surface area contributed by atoms with Gasteiger partial charge in [-0.25, -0.2) is 9.37 Å². The van der Waals surface area contributed by atoms with E-state index < -0.39 is 42.0 Å². The topological polar surface area (TPSA) is 42.4 Å². The van der Waals surface area contributed by atoms with Gasteiger partial charge in [0.25, 0.3) is 0 Å². The van der Waals surface area contributed by atoms with Gasteiger partial charge >= 0.3 is 12.5 Å². The summed E-state index contributed by atoms with van der Waals surface area (Å²) in [6, 6.07) is 0. The van der Waals surface area contributed by atoms with Crippen LogP contribution in [0.4, 0.5) is 30.7 Å². The molecule has 0 spiro atoms. The number of halogens is 7. The number of aromatic nitrogens is 1. The highest BCUT2D eigenvalue weighted by molar-refractivity contribution is 5.35. The lowest BCUT2D eigenvalue weighted by atomic mass is 10.2. The number of aliphatic hydroxyl groups is 1. The van der Waals surface area contributed by atoms with Gasteiger partial charge in [-0.3, -0.25) is 0 Å². The Morgan fingerprint density at radius 2 is 1.72 bits per heavy atom. The Morgan fingerprint density at radius 3 is 2.11 bits per heavy atom. The molecule has 0 saturated carbocycles. The first-order valence-corrected chi connectivity index (χ1v) is 4.17. The van der Waals surface area contributed by atoms with Crippen LogP contribution < -0.4 is 4.74 Å². The van der Waals surface area contributed by atoms with E-state index >= 15 is 0 Å². The summed E-state index contributed by atoms with van der Waals surface area (Å²) in [4.78, 5) is 2.62. The fourth-order valence-electron chi connectivity index (χ4n) is 1.03. The Labute approximate surface area is 94.8 Å². The van der Waals surface area contributed by atoms with E-state index in [1.54, 1.807) is 0 Å². The van der Waals surface area contributed by atoms with Gasteiger partial charge in [-0.2, -0.15) is 13.2 Å². The maximum Gasteiger partial charge on any atom is 0.573 e. The van der Waals surface area contributed by atoms with Crippen molar-refractivity contribution in [3.8, 4) is 5.75 Å². The van der Waals surface area contributed by atoms with E-state index in [0.717, 1.165) is 0 Å². The monoisotopic (exact) mass is 279 g/mol. The van der Waals surface area contributed by atoms with Gasteiger partial charge in [0.15, 0.2) is 17.3 Å². The van der Waals surface area contributed by atoms with E-state index in [1.165, 1.54) is 0 Å². The third-order valence-corrected chi connectivity index (χ3v) is 1.70. The molecule has 3 nitrogen and oxygen atoms in total. The molecule has 102 valence electrons. The average Bonchev–Trinajstić information content (AvgIpc) is 2.17. The van der Waals surface area contributed by atoms with Crippen LogP contribution >= 0.6 is 0 Å². The van der Waals surface area contributed by atoms with Gasteiger partial charge in [0.2, 0.25) is 0 Å². The molecule has 10 heteroatoms. The molecule has 0 aromatic carbocycles. The minimum atomic E-state index is -5.52. The summed E-state index contributed by atoms with van der Waals surface area (Å²) in [5.41, 5.74) is -3.00. The molecule has 0 bridgehead atoms. The van der Waals surface area contributed by atoms with Crippen molar-refractivity contribution in [2.45, 2.75) is 19.1 Å². The van der Waals surface area contributed by atoms with E-state index in [2.05, 4.69) is 9.72 Å². The Kier molecular flexibility index (Phi) is 3.70. The fourth-order valence-corrected chi connectivity index (χ4v) is 1.03. The maximum absolute atomic E-state index is 13.3. The van der Waals surface area contributed by atoms with Crippen LogP contribution in [0.15, 0.2) is 6.20 Å². The van der Waals surface area contributed by atoms with E-state index in [0.29, 0.717) is 0 Å². The number of rotatable bonds is 2. The molecular weight excluding hydrogens is 275 g/mol. The number of pyridine rings is 1. The summed E-state index contributed by atoms with van der Waals surface area (Å²) in [7, 11) is 0. The summed E-state index contributed by atoms with van der Waals surface area (Å²) in [6.07, 6.45) is -10.6. The van der Waals surface area contributed by atoms with Crippen molar-refractivity contribution in [2.24, 2.45) is 0 Å². The van der Waals surface area contributed by atoms with E-state index in [9.17, 15) is 30.7 Å². The number of ether oxygens (including phenoxy) is 1. The van der Waals surface area contributed by atoms with Gasteiger partial charge in [-0.15, -0.1) is 13.2 Å². The van der Waals surface area contributed by atoms with Crippen LogP contribution in [0.3, 0.4) is 0 Å². The van der Waals surface area contributed by atoms with Crippen LogP contribution in [0.1, 0.15) is 11.3 Å². The van der Waals surface area contributed by atoms with Crippen molar-refractivity contribution in [1.82, 2.24) is 4.98 Å². The van der Waals surface area contributed by atoms with Gasteiger partial charge in [-0.1, -0.05) is 0 Å². The Balaban J connectivity index is 3.41. The van der Waals surface area contributed by atoms with Crippen molar-refractivity contribution < 1.29 is 40.6 Å². The average molecular weight is 279 g/mol. The van der Waals surface area contributed by atoms with Crippen molar-refractivity contribution in [3.05, 3.63) is 23.3 Å². The predicted octanol–water partition coefficient (Wildman–Crippen LogP) is 2.63. The quantitative estimate of drug-likeness (QED) is 0.846.